The van der Waals surface area contributed by atoms with Gasteiger partial charge < -0.3 is 9.84 Å². The molecule has 0 atom stereocenters. The van der Waals surface area contributed by atoms with Crippen molar-refractivity contribution in [3.63, 3.8) is 0 Å². The van der Waals surface area contributed by atoms with E-state index in [9.17, 15) is 14.7 Å². The summed E-state index contributed by atoms with van der Waals surface area (Å²) < 4.78 is 5.73. The number of hydrogen-bond acceptors (Lipinski definition) is 5. The average molecular weight is 505 g/mol. The average Bonchev–Trinajstić information content (AvgIpc) is 3.41. The molecule has 4 aromatic rings. The third kappa shape index (κ3) is 4.52. The summed E-state index contributed by atoms with van der Waals surface area (Å²) in [4.78, 5) is 30.9. The second kappa shape index (κ2) is 9.52. The zero-order chi connectivity index (χ0) is 24.5. The van der Waals surface area contributed by atoms with Gasteiger partial charge in [-0.3, -0.25) is 9.69 Å². The predicted molar refractivity (Wildman–Crippen MR) is 137 cm³/mol. The number of carbonyl (C=O) groups excluding carboxylic acids is 1. The predicted octanol–water partition coefficient (Wildman–Crippen LogP) is 6.48. The number of carbonyl (C=O) groups is 2. The van der Waals surface area contributed by atoms with E-state index >= 15 is 0 Å². The van der Waals surface area contributed by atoms with Crippen LogP contribution < -0.4 is 4.90 Å². The molecule has 176 valence electrons. The number of aliphatic carboxylic acids is 1. The molecule has 1 aromatic heterocycles. The maximum Gasteiger partial charge on any atom is 0.415 e. The summed E-state index contributed by atoms with van der Waals surface area (Å²) in [6.07, 6.45) is -0.751. The number of thiazole rings is 1. The van der Waals surface area contributed by atoms with E-state index in [2.05, 4.69) is 29.2 Å². The second-order valence-corrected chi connectivity index (χ2v) is 9.71. The Balaban J connectivity index is 1.37. The van der Waals surface area contributed by atoms with Crippen LogP contribution in [0.5, 0.6) is 0 Å². The van der Waals surface area contributed by atoms with Crippen molar-refractivity contribution in [1.29, 1.82) is 0 Å². The van der Waals surface area contributed by atoms with Gasteiger partial charge in [-0.2, -0.15) is 0 Å². The monoisotopic (exact) mass is 504 g/mol. The molecular formula is C27H21ClN2O4S. The molecule has 0 radical (unpaired) electrons. The van der Waals surface area contributed by atoms with Crippen LogP contribution in [0.15, 0.2) is 72.8 Å². The van der Waals surface area contributed by atoms with Crippen LogP contribution >= 0.6 is 22.9 Å². The molecule has 6 nitrogen and oxygen atoms in total. The Morgan fingerprint density at radius 3 is 2.20 bits per heavy atom. The number of fused-ring (bicyclic) bond motifs is 3. The van der Waals surface area contributed by atoms with Crippen molar-refractivity contribution in [2.75, 3.05) is 18.6 Å². The lowest BCUT2D eigenvalue weighted by atomic mass is 9.98. The van der Waals surface area contributed by atoms with Crippen LogP contribution in [0.25, 0.3) is 22.4 Å². The normalized spacial score (nSPS) is 12.2. The Morgan fingerprint density at radius 2 is 1.60 bits per heavy atom. The number of carboxylic acids is 1. The van der Waals surface area contributed by atoms with E-state index in [4.69, 9.17) is 16.3 Å². The second-order valence-electron chi connectivity index (χ2n) is 8.21. The minimum absolute atomic E-state index is 0.0526. The molecule has 0 unspecified atom stereocenters. The van der Waals surface area contributed by atoms with Crippen LogP contribution in [-0.2, 0) is 16.0 Å². The van der Waals surface area contributed by atoms with Crippen molar-refractivity contribution < 1.29 is 19.4 Å². The van der Waals surface area contributed by atoms with Crippen molar-refractivity contribution in [3.8, 4) is 22.4 Å². The van der Waals surface area contributed by atoms with Crippen LogP contribution in [0.3, 0.4) is 0 Å². The summed E-state index contributed by atoms with van der Waals surface area (Å²) in [5, 5.41) is 10.3. The van der Waals surface area contributed by atoms with E-state index in [0.717, 1.165) is 39.2 Å². The van der Waals surface area contributed by atoms with E-state index in [-0.39, 0.29) is 18.9 Å². The van der Waals surface area contributed by atoms with Crippen molar-refractivity contribution in [3.05, 3.63) is 93.8 Å². The van der Waals surface area contributed by atoms with Gasteiger partial charge in [0.2, 0.25) is 0 Å². The zero-order valence-corrected chi connectivity index (χ0v) is 20.3. The molecular weight excluding hydrogens is 484 g/mol. The van der Waals surface area contributed by atoms with Gasteiger partial charge in [0.1, 0.15) is 6.61 Å². The lowest BCUT2D eigenvalue weighted by Crippen LogP contribution is -2.28. The largest absolute Gasteiger partial charge is 0.481 e. The first-order valence-electron chi connectivity index (χ1n) is 11.0. The molecule has 0 saturated heterocycles. The highest BCUT2D eigenvalue weighted by Crippen LogP contribution is 2.44. The summed E-state index contributed by atoms with van der Waals surface area (Å²) >= 11 is 7.15. The SMILES string of the molecule is CN(C(=O)OCC1c2ccccc2-c2ccccc21)c1nc(-c2ccc(Cl)cc2)c(CC(=O)O)s1. The zero-order valence-electron chi connectivity index (χ0n) is 18.8. The summed E-state index contributed by atoms with van der Waals surface area (Å²) in [5.74, 6) is -1.03. The molecule has 0 saturated carbocycles. The van der Waals surface area contributed by atoms with E-state index in [1.54, 1.807) is 31.3 Å². The highest BCUT2D eigenvalue weighted by Gasteiger charge is 2.30. The quantitative estimate of drug-likeness (QED) is 0.325. The fraction of sp³-hybridized carbons (Fsp3) is 0.148. The molecule has 8 heteroatoms. The number of amides is 1. The highest BCUT2D eigenvalue weighted by atomic mass is 35.5. The number of rotatable bonds is 6. The van der Waals surface area contributed by atoms with Crippen LogP contribution in [0.1, 0.15) is 21.9 Å². The summed E-state index contributed by atoms with van der Waals surface area (Å²) in [6.45, 7) is 0.189. The molecule has 1 amide bonds. The number of aromatic nitrogens is 1. The van der Waals surface area contributed by atoms with Gasteiger partial charge in [-0.1, -0.05) is 72.3 Å². The lowest BCUT2D eigenvalue weighted by Gasteiger charge is -2.18. The lowest BCUT2D eigenvalue weighted by molar-refractivity contribution is -0.136. The van der Waals surface area contributed by atoms with Crippen LogP contribution in [0, 0.1) is 0 Å². The minimum Gasteiger partial charge on any atom is -0.481 e. The standard InChI is InChI=1S/C27H21ClN2O4S/c1-30(26-29-25(23(35-26)14-24(31)32)16-10-12-17(28)13-11-16)27(33)34-15-22-20-8-4-2-6-18(20)19-7-3-5-9-21(19)22/h2-13,22H,14-15H2,1H3,(H,31,32). The van der Waals surface area contributed by atoms with Gasteiger partial charge in [0.15, 0.2) is 5.13 Å². The summed E-state index contributed by atoms with van der Waals surface area (Å²) in [7, 11) is 1.58. The first-order chi connectivity index (χ1) is 16.9. The summed E-state index contributed by atoms with van der Waals surface area (Å²) in [6, 6.07) is 23.3. The fourth-order valence-corrected chi connectivity index (χ4v) is 5.49. The minimum atomic E-state index is -0.973. The molecule has 35 heavy (non-hydrogen) atoms. The van der Waals surface area contributed by atoms with Gasteiger partial charge in [-0.15, -0.1) is 11.3 Å². The van der Waals surface area contributed by atoms with Gasteiger partial charge in [-0.25, -0.2) is 9.78 Å². The van der Waals surface area contributed by atoms with Gasteiger partial charge >= 0.3 is 12.1 Å². The van der Waals surface area contributed by atoms with Gasteiger partial charge in [-0.05, 0) is 34.4 Å². The van der Waals surface area contributed by atoms with E-state index < -0.39 is 12.1 Å². The Kier molecular flexibility index (Phi) is 6.28. The third-order valence-electron chi connectivity index (χ3n) is 6.01. The smallest absolute Gasteiger partial charge is 0.415 e. The van der Waals surface area contributed by atoms with Crippen LogP contribution in [0.2, 0.25) is 5.02 Å². The number of ether oxygens (including phenoxy) is 1. The first-order valence-corrected chi connectivity index (χ1v) is 12.2. The number of anilines is 1. The number of hydrogen-bond donors (Lipinski definition) is 1. The highest BCUT2D eigenvalue weighted by molar-refractivity contribution is 7.16. The fourth-order valence-electron chi connectivity index (χ4n) is 4.34. The third-order valence-corrected chi connectivity index (χ3v) is 7.40. The molecule has 0 bridgehead atoms. The molecule has 0 spiro atoms. The van der Waals surface area contributed by atoms with Crippen molar-refractivity contribution in [2.24, 2.45) is 0 Å². The molecule has 1 N–H and O–H groups in total. The Bertz CT molecular complexity index is 1370. The van der Waals surface area contributed by atoms with E-state index in [1.807, 2.05) is 24.3 Å². The molecule has 1 aliphatic rings. The maximum absolute atomic E-state index is 13.0. The topological polar surface area (TPSA) is 79.7 Å². The molecule has 3 aromatic carbocycles. The van der Waals surface area contributed by atoms with E-state index in [1.165, 1.54) is 4.90 Å². The number of benzene rings is 3. The molecule has 1 heterocycles. The number of carboxylic acid groups (broad SMARTS) is 1. The molecule has 1 aliphatic carbocycles. The van der Waals surface area contributed by atoms with Crippen molar-refractivity contribution in [2.45, 2.75) is 12.3 Å². The van der Waals surface area contributed by atoms with Crippen LogP contribution in [0.4, 0.5) is 9.93 Å². The molecule has 0 fully saturated rings. The number of nitrogens with zero attached hydrogens (tertiary/aromatic N) is 2. The summed E-state index contributed by atoms with van der Waals surface area (Å²) in [5.41, 5.74) is 5.82. The van der Waals surface area contributed by atoms with Gasteiger partial charge in [0.25, 0.3) is 0 Å². The molecule has 5 rings (SSSR count). The Morgan fingerprint density at radius 1 is 1.00 bits per heavy atom. The van der Waals surface area contributed by atoms with Crippen molar-refractivity contribution in [1.82, 2.24) is 4.98 Å². The van der Waals surface area contributed by atoms with Crippen molar-refractivity contribution >= 4 is 40.1 Å². The van der Waals surface area contributed by atoms with Gasteiger partial charge in [0, 0.05) is 28.4 Å². The molecule has 0 aliphatic heterocycles. The first kappa shape index (κ1) is 23.1. The Labute approximate surface area is 211 Å². The Hall–Kier alpha value is -3.68. The number of halogens is 1. The van der Waals surface area contributed by atoms with Gasteiger partial charge in [0.05, 0.1) is 12.1 Å². The van der Waals surface area contributed by atoms with Crippen LogP contribution in [-0.4, -0.2) is 35.8 Å². The van der Waals surface area contributed by atoms with E-state index in [0.29, 0.717) is 20.7 Å². The maximum atomic E-state index is 13.0.